The fraction of sp³-hybridized carbons (Fsp3) is 0.312. The Kier molecular flexibility index (Phi) is 5.46. The maximum atomic E-state index is 12.9. The van der Waals surface area contributed by atoms with Gasteiger partial charge in [0.2, 0.25) is 5.91 Å². The average molecular weight is 319 g/mol. The highest BCUT2D eigenvalue weighted by atomic mass is 19.1. The van der Waals surface area contributed by atoms with Crippen LogP contribution in [0.4, 0.5) is 4.39 Å². The molecule has 2 rings (SSSR count). The monoisotopic (exact) mass is 319 g/mol. The van der Waals surface area contributed by atoms with Crippen molar-refractivity contribution in [2.24, 2.45) is 7.05 Å². The van der Waals surface area contributed by atoms with Crippen LogP contribution in [0, 0.1) is 5.82 Å². The van der Waals surface area contributed by atoms with Gasteiger partial charge in [0, 0.05) is 31.9 Å². The van der Waals surface area contributed by atoms with E-state index in [0.29, 0.717) is 12.0 Å². The molecular formula is C16H18FN3O3. The topological polar surface area (TPSA) is 75.4 Å². The second-order valence-electron chi connectivity index (χ2n) is 5.22. The highest BCUT2D eigenvalue weighted by Crippen LogP contribution is 2.10. The van der Waals surface area contributed by atoms with Crippen molar-refractivity contribution in [1.29, 1.82) is 0 Å². The number of hydrogen-bond acceptors (Lipinski definition) is 3. The summed E-state index contributed by atoms with van der Waals surface area (Å²) in [5.74, 6) is -1.72. The number of rotatable bonds is 7. The van der Waals surface area contributed by atoms with E-state index in [1.54, 1.807) is 30.1 Å². The molecule has 0 fully saturated rings. The van der Waals surface area contributed by atoms with Gasteiger partial charge < -0.3 is 10.0 Å². The summed E-state index contributed by atoms with van der Waals surface area (Å²) in [6, 6.07) is 7.47. The molecule has 0 aliphatic heterocycles. The smallest absolute Gasteiger partial charge is 0.323 e. The summed E-state index contributed by atoms with van der Waals surface area (Å²) in [5.41, 5.74) is 1.58. The Bertz CT molecular complexity index is 682. The summed E-state index contributed by atoms with van der Waals surface area (Å²) in [4.78, 5) is 24.5. The summed E-state index contributed by atoms with van der Waals surface area (Å²) in [5, 5.41) is 13.0. The number of aryl methyl sites for hydroxylation is 2. The lowest BCUT2D eigenvalue weighted by molar-refractivity contribution is -0.144. The predicted molar refractivity (Wildman–Crippen MR) is 81.0 cm³/mol. The van der Waals surface area contributed by atoms with Crippen molar-refractivity contribution in [3.63, 3.8) is 0 Å². The molecule has 1 heterocycles. The van der Waals surface area contributed by atoms with E-state index >= 15 is 0 Å². The van der Waals surface area contributed by atoms with Crippen molar-refractivity contribution in [3.8, 4) is 0 Å². The number of carbonyl (C=O) groups excluding carboxylic acids is 1. The first-order valence-electron chi connectivity index (χ1n) is 7.16. The zero-order chi connectivity index (χ0) is 16.8. The van der Waals surface area contributed by atoms with Gasteiger partial charge in [-0.2, -0.15) is 5.10 Å². The SMILES string of the molecule is Cn1nccc1CCC(=O)N(CC(=O)O)Cc1ccc(F)cc1. The molecule has 0 atom stereocenters. The molecule has 0 saturated carbocycles. The van der Waals surface area contributed by atoms with Gasteiger partial charge in [-0.15, -0.1) is 0 Å². The fourth-order valence-electron chi connectivity index (χ4n) is 2.25. The molecule has 6 nitrogen and oxygen atoms in total. The van der Waals surface area contributed by atoms with Crippen molar-refractivity contribution < 1.29 is 19.1 Å². The van der Waals surface area contributed by atoms with Crippen LogP contribution >= 0.6 is 0 Å². The summed E-state index contributed by atoms with van der Waals surface area (Å²) in [6.07, 6.45) is 2.32. The highest BCUT2D eigenvalue weighted by Gasteiger charge is 2.17. The summed E-state index contributed by atoms with van der Waals surface area (Å²) in [7, 11) is 1.79. The van der Waals surface area contributed by atoms with Crippen molar-refractivity contribution in [3.05, 3.63) is 53.6 Å². The van der Waals surface area contributed by atoms with Gasteiger partial charge in [-0.25, -0.2) is 4.39 Å². The van der Waals surface area contributed by atoms with E-state index in [0.717, 1.165) is 5.69 Å². The van der Waals surface area contributed by atoms with Crippen molar-refractivity contribution >= 4 is 11.9 Å². The van der Waals surface area contributed by atoms with Crippen LogP contribution < -0.4 is 0 Å². The first-order chi connectivity index (χ1) is 11.0. The predicted octanol–water partition coefficient (Wildman–Crippen LogP) is 1.61. The largest absolute Gasteiger partial charge is 0.480 e. The Morgan fingerprint density at radius 3 is 2.52 bits per heavy atom. The molecule has 1 amide bonds. The van der Waals surface area contributed by atoms with Gasteiger partial charge in [0.1, 0.15) is 12.4 Å². The molecule has 0 aliphatic carbocycles. The third-order valence-corrected chi connectivity index (χ3v) is 3.48. The van der Waals surface area contributed by atoms with Gasteiger partial charge in [0.15, 0.2) is 0 Å². The van der Waals surface area contributed by atoms with Crippen LogP contribution in [0.2, 0.25) is 0 Å². The Morgan fingerprint density at radius 1 is 1.26 bits per heavy atom. The number of nitrogens with zero attached hydrogens (tertiary/aromatic N) is 3. The number of hydrogen-bond donors (Lipinski definition) is 1. The van der Waals surface area contributed by atoms with E-state index in [1.807, 2.05) is 6.07 Å². The minimum absolute atomic E-state index is 0.136. The van der Waals surface area contributed by atoms with E-state index in [-0.39, 0.29) is 31.2 Å². The highest BCUT2D eigenvalue weighted by molar-refractivity contribution is 5.81. The van der Waals surface area contributed by atoms with Crippen LogP contribution in [0.3, 0.4) is 0 Å². The minimum atomic E-state index is -1.08. The lowest BCUT2D eigenvalue weighted by Crippen LogP contribution is -2.35. The summed E-state index contributed by atoms with van der Waals surface area (Å²) >= 11 is 0. The van der Waals surface area contributed by atoms with Crippen LogP contribution in [0.5, 0.6) is 0 Å². The second kappa shape index (κ2) is 7.53. The standard InChI is InChI=1S/C16H18FN3O3/c1-19-14(8-9-18-19)6-7-15(21)20(11-16(22)23)10-12-2-4-13(17)5-3-12/h2-5,8-9H,6-7,10-11H2,1H3,(H,22,23). The Hall–Kier alpha value is -2.70. The molecule has 1 aromatic heterocycles. The Morgan fingerprint density at radius 2 is 1.96 bits per heavy atom. The number of carboxylic acid groups (broad SMARTS) is 1. The zero-order valence-electron chi connectivity index (χ0n) is 12.8. The van der Waals surface area contributed by atoms with Gasteiger partial charge in [0.25, 0.3) is 0 Å². The molecule has 0 radical (unpaired) electrons. The van der Waals surface area contributed by atoms with Gasteiger partial charge in [0.05, 0.1) is 0 Å². The van der Waals surface area contributed by atoms with Crippen LogP contribution in [0.15, 0.2) is 36.5 Å². The number of carboxylic acids is 1. The number of halogens is 1. The molecule has 2 aromatic rings. The summed E-state index contributed by atoms with van der Waals surface area (Å²) in [6.45, 7) is -0.252. The van der Waals surface area contributed by atoms with Crippen LogP contribution in [-0.2, 0) is 29.6 Å². The maximum absolute atomic E-state index is 12.9. The Labute approximate surface area is 133 Å². The van der Waals surface area contributed by atoms with Crippen LogP contribution in [-0.4, -0.2) is 38.2 Å². The first kappa shape index (κ1) is 16.7. The van der Waals surface area contributed by atoms with Crippen molar-refractivity contribution in [2.75, 3.05) is 6.54 Å². The van der Waals surface area contributed by atoms with E-state index < -0.39 is 5.97 Å². The Balaban J connectivity index is 2.01. The molecular weight excluding hydrogens is 301 g/mol. The lowest BCUT2D eigenvalue weighted by Gasteiger charge is -2.21. The maximum Gasteiger partial charge on any atom is 0.323 e. The number of benzene rings is 1. The van der Waals surface area contributed by atoms with Gasteiger partial charge in [-0.3, -0.25) is 14.3 Å². The van der Waals surface area contributed by atoms with Crippen LogP contribution in [0.1, 0.15) is 17.7 Å². The average Bonchev–Trinajstić information content (AvgIpc) is 2.91. The molecule has 0 spiro atoms. The third kappa shape index (κ3) is 4.91. The lowest BCUT2D eigenvalue weighted by atomic mass is 10.1. The minimum Gasteiger partial charge on any atom is -0.480 e. The second-order valence-corrected chi connectivity index (χ2v) is 5.22. The van der Waals surface area contributed by atoms with E-state index in [4.69, 9.17) is 5.11 Å². The fourth-order valence-corrected chi connectivity index (χ4v) is 2.25. The third-order valence-electron chi connectivity index (χ3n) is 3.48. The van der Waals surface area contributed by atoms with Gasteiger partial charge in [-0.05, 0) is 30.2 Å². The molecule has 7 heteroatoms. The molecule has 0 bridgehead atoms. The van der Waals surface area contributed by atoms with E-state index in [2.05, 4.69) is 5.10 Å². The van der Waals surface area contributed by atoms with Crippen molar-refractivity contribution in [1.82, 2.24) is 14.7 Å². The van der Waals surface area contributed by atoms with Crippen molar-refractivity contribution in [2.45, 2.75) is 19.4 Å². The van der Waals surface area contributed by atoms with Gasteiger partial charge in [-0.1, -0.05) is 12.1 Å². The molecule has 0 saturated heterocycles. The first-order valence-corrected chi connectivity index (χ1v) is 7.16. The molecule has 0 aliphatic rings. The normalized spacial score (nSPS) is 10.5. The van der Waals surface area contributed by atoms with E-state index in [9.17, 15) is 14.0 Å². The molecule has 1 N–H and O–H groups in total. The number of aliphatic carboxylic acids is 1. The van der Waals surface area contributed by atoms with Gasteiger partial charge >= 0.3 is 5.97 Å². The number of amides is 1. The summed E-state index contributed by atoms with van der Waals surface area (Å²) < 4.78 is 14.6. The molecule has 1 aromatic carbocycles. The number of carbonyl (C=O) groups is 2. The quantitative estimate of drug-likeness (QED) is 0.841. The molecule has 122 valence electrons. The molecule has 23 heavy (non-hydrogen) atoms. The zero-order valence-corrected chi connectivity index (χ0v) is 12.8. The van der Waals surface area contributed by atoms with E-state index in [1.165, 1.54) is 17.0 Å². The molecule has 0 unspecified atom stereocenters. The van der Waals surface area contributed by atoms with Crippen LogP contribution in [0.25, 0.3) is 0 Å². The number of aromatic nitrogens is 2.